The Morgan fingerprint density at radius 1 is 1.15 bits per heavy atom. The third-order valence-corrected chi connectivity index (χ3v) is 8.23. The maximum absolute atomic E-state index is 10.5. The Morgan fingerprint density at radius 2 is 1.91 bits per heavy atom. The minimum atomic E-state index is -0.389. The van der Waals surface area contributed by atoms with Crippen LogP contribution in [0, 0.1) is 19.8 Å². The molecular weight excluding hydrogens is 446 g/mol. The molecule has 0 bridgehead atoms. The highest BCUT2D eigenvalue weighted by molar-refractivity contribution is 7.21. The van der Waals surface area contributed by atoms with Crippen LogP contribution >= 0.6 is 11.3 Å². The fourth-order valence-electron chi connectivity index (χ4n) is 5.16. The van der Waals surface area contributed by atoms with E-state index >= 15 is 0 Å². The Kier molecular flexibility index (Phi) is 5.90. The molecule has 0 spiro atoms. The topological polar surface area (TPSA) is 85.6 Å². The van der Waals surface area contributed by atoms with Gasteiger partial charge in [-0.1, -0.05) is 39.0 Å². The van der Waals surface area contributed by atoms with E-state index in [-0.39, 0.29) is 12.1 Å². The number of aliphatic hydroxyl groups is 1. The number of aryl methyl sites for hydroxylation is 1. The number of aliphatic hydroxyl groups excluding tert-OH is 1. The molecule has 2 N–H and O–H groups in total. The molecule has 1 fully saturated rings. The molecule has 182 valence electrons. The first-order chi connectivity index (χ1) is 16.2. The summed E-state index contributed by atoms with van der Waals surface area (Å²) in [5.41, 5.74) is 7.86. The molecule has 34 heavy (non-hydrogen) atoms. The first-order valence-corrected chi connectivity index (χ1v) is 13.0. The maximum Gasteiger partial charge on any atom is 0.188 e. The van der Waals surface area contributed by atoms with E-state index in [9.17, 15) is 5.11 Å². The van der Waals surface area contributed by atoms with Gasteiger partial charge in [-0.15, -0.1) is 0 Å². The lowest BCUT2D eigenvalue weighted by Gasteiger charge is -2.42. The van der Waals surface area contributed by atoms with E-state index in [4.69, 9.17) is 4.98 Å². The molecule has 0 aliphatic carbocycles. The molecule has 1 saturated heterocycles. The number of nitrogens with zero attached hydrogens (tertiary/aromatic N) is 6. The highest BCUT2D eigenvalue weighted by Crippen LogP contribution is 2.41. The number of pyridine rings is 1. The number of fused-ring (bicyclic) bond motifs is 2. The minimum Gasteiger partial charge on any atom is -0.378 e. The second-order valence-electron chi connectivity index (χ2n) is 10.3. The van der Waals surface area contributed by atoms with Crippen LogP contribution < -0.4 is 4.90 Å². The molecular formula is C25H35N7OS. The number of aromatic amines is 1. The van der Waals surface area contributed by atoms with Crippen LogP contribution in [-0.4, -0.2) is 66.5 Å². The molecule has 4 aromatic heterocycles. The zero-order valence-corrected chi connectivity index (χ0v) is 21.9. The number of piperazine rings is 1. The number of hydrogen-bond acceptors (Lipinski definition) is 7. The predicted octanol–water partition coefficient (Wildman–Crippen LogP) is 4.56. The zero-order chi connectivity index (χ0) is 24.3. The summed E-state index contributed by atoms with van der Waals surface area (Å²) in [6.07, 6.45) is 3.30. The predicted molar refractivity (Wildman–Crippen MR) is 139 cm³/mol. The average Bonchev–Trinajstić information content (AvgIpc) is 3.49. The van der Waals surface area contributed by atoms with Gasteiger partial charge in [0.05, 0.1) is 5.69 Å². The van der Waals surface area contributed by atoms with Crippen molar-refractivity contribution < 1.29 is 5.11 Å². The summed E-state index contributed by atoms with van der Waals surface area (Å²) < 4.78 is 1.86. The Balaban J connectivity index is 1.52. The monoisotopic (exact) mass is 481 g/mol. The highest BCUT2D eigenvalue weighted by Gasteiger charge is 2.31. The molecule has 0 amide bonds. The van der Waals surface area contributed by atoms with E-state index in [2.05, 4.69) is 79.5 Å². The fourth-order valence-corrected chi connectivity index (χ4v) is 6.27. The second-order valence-corrected chi connectivity index (χ2v) is 11.2. The van der Waals surface area contributed by atoms with Crippen LogP contribution in [0.15, 0.2) is 12.5 Å². The molecule has 0 aromatic carbocycles. The van der Waals surface area contributed by atoms with E-state index in [0.29, 0.717) is 12.0 Å². The first-order valence-electron chi connectivity index (χ1n) is 12.2. The van der Waals surface area contributed by atoms with Crippen molar-refractivity contribution >= 4 is 32.5 Å². The molecule has 8 nitrogen and oxygen atoms in total. The number of anilines is 1. The van der Waals surface area contributed by atoms with Crippen molar-refractivity contribution in [3.05, 3.63) is 29.2 Å². The molecule has 5 rings (SSSR count). The lowest BCUT2D eigenvalue weighted by atomic mass is 9.96. The number of rotatable bonds is 5. The molecule has 2 atom stereocenters. The Labute approximate surface area is 204 Å². The van der Waals surface area contributed by atoms with Crippen molar-refractivity contribution in [1.29, 1.82) is 0 Å². The van der Waals surface area contributed by atoms with Gasteiger partial charge in [0.25, 0.3) is 0 Å². The second kappa shape index (κ2) is 8.62. The van der Waals surface area contributed by atoms with Gasteiger partial charge < -0.3 is 15.0 Å². The quantitative estimate of drug-likeness (QED) is 0.435. The molecule has 9 heteroatoms. The van der Waals surface area contributed by atoms with Crippen LogP contribution in [0.4, 0.5) is 5.13 Å². The van der Waals surface area contributed by atoms with Crippen LogP contribution in [0.3, 0.4) is 0 Å². The standard InChI is InChI=1S/C25H35N7OS/c1-13(2)19-20(18-11-32-22(26-12-27-32)17(7)16(18)6)28-23-21(19)29-25(34-23)31-9-8-30(10-15(31)5)24(33)14(3)4/h11-15,24,28,33H,8-10H2,1-7H3/t15?,24-/m0/s1. The molecule has 1 aliphatic heterocycles. The normalized spacial score (nSPS) is 18.8. The van der Waals surface area contributed by atoms with Gasteiger partial charge in [0, 0.05) is 43.0 Å². The summed E-state index contributed by atoms with van der Waals surface area (Å²) in [7, 11) is 0. The van der Waals surface area contributed by atoms with Gasteiger partial charge in [-0.05, 0) is 43.7 Å². The van der Waals surface area contributed by atoms with Gasteiger partial charge in [0.2, 0.25) is 0 Å². The number of aromatic nitrogens is 5. The van der Waals surface area contributed by atoms with Crippen molar-refractivity contribution in [3.63, 3.8) is 0 Å². The lowest BCUT2D eigenvalue weighted by Crippen LogP contribution is -2.56. The summed E-state index contributed by atoms with van der Waals surface area (Å²) in [5, 5.41) is 16.0. The van der Waals surface area contributed by atoms with E-state index in [1.165, 1.54) is 11.1 Å². The number of hydrogen-bond donors (Lipinski definition) is 2. The molecule has 1 aliphatic rings. The van der Waals surface area contributed by atoms with E-state index in [0.717, 1.165) is 57.6 Å². The molecule has 5 heterocycles. The Morgan fingerprint density at radius 3 is 2.59 bits per heavy atom. The summed E-state index contributed by atoms with van der Waals surface area (Å²) in [6.45, 7) is 17.6. The van der Waals surface area contributed by atoms with E-state index in [1.807, 2.05) is 4.52 Å². The van der Waals surface area contributed by atoms with Gasteiger partial charge in [0.15, 0.2) is 10.8 Å². The molecule has 1 unspecified atom stereocenters. The third kappa shape index (κ3) is 3.70. The van der Waals surface area contributed by atoms with E-state index in [1.54, 1.807) is 17.7 Å². The SMILES string of the molecule is Cc1c(-c2[nH]c3sc(N4CCN([C@@H](O)C(C)C)CC4C)nc3c2C(C)C)cn2ncnc2c1C. The smallest absolute Gasteiger partial charge is 0.188 e. The minimum absolute atomic E-state index is 0.229. The van der Waals surface area contributed by atoms with Crippen LogP contribution in [-0.2, 0) is 0 Å². The Bertz CT molecular complexity index is 1330. The number of H-pyrrole nitrogens is 1. The molecule has 0 saturated carbocycles. The summed E-state index contributed by atoms with van der Waals surface area (Å²) >= 11 is 1.73. The average molecular weight is 482 g/mol. The molecule has 0 radical (unpaired) electrons. The first kappa shape index (κ1) is 23.3. The Hall–Kier alpha value is -2.49. The summed E-state index contributed by atoms with van der Waals surface area (Å²) in [5.74, 6) is 0.549. The number of thiazole rings is 1. The zero-order valence-electron chi connectivity index (χ0n) is 21.1. The van der Waals surface area contributed by atoms with Crippen molar-refractivity contribution in [2.75, 3.05) is 24.5 Å². The van der Waals surface area contributed by atoms with Crippen molar-refractivity contribution in [2.45, 2.75) is 66.7 Å². The van der Waals surface area contributed by atoms with Crippen LogP contribution in [0.25, 0.3) is 27.3 Å². The van der Waals surface area contributed by atoms with Gasteiger partial charge in [-0.2, -0.15) is 5.10 Å². The van der Waals surface area contributed by atoms with Crippen LogP contribution in [0.2, 0.25) is 0 Å². The third-order valence-electron chi connectivity index (χ3n) is 7.23. The summed E-state index contributed by atoms with van der Waals surface area (Å²) in [6, 6.07) is 0.291. The van der Waals surface area contributed by atoms with Crippen molar-refractivity contribution in [2.24, 2.45) is 5.92 Å². The van der Waals surface area contributed by atoms with Gasteiger partial charge in [-0.25, -0.2) is 14.5 Å². The largest absolute Gasteiger partial charge is 0.378 e. The van der Waals surface area contributed by atoms with Crippen LogP contribution in [0.1, 0.15) is 57.2 Å². The summed E-state index contributed by atoms with van der Waals surface area (Å²) in [4.78, 5) is 19.0. The number of nitrogens with one attached hydrogen (secondary N) is 1. The lowest BCUT2D eigenvalue weighted by molar-refractivity contribution is -0.0380. The van der Waals surface area contributed by atoms with Crippen molar-refractivity contribution in [1.82, 2.24) is 29.5 Å². The van der Waals surface area contributed by atoms with E-state index < -0.39 is 0 Å². The van der Waals surface area contributed by atoms with Crippen LogP contribution in [0.5, 0.6) is 0 Å². The maximum atomic E-state index is 10.5. The van der Waals surface area contributed by atoms with Gasteiger partial charge >= 0.3 is 0 Å². The highest BCUT2D eigenvalue weighted by atomic mass is 32.1. The van der Waals surface area contributed by atoms with Gasteiger partial charge in [-0.3, -0.25) is 4.90 Å². The molecule has 4 aromatic rings. The van der Waals surface area contributed by atoms with Gasteiger partial charge in [0.1, 0.15) is 22.9 Å². The van der Waals surface area contributed by atoms with Crippen molar-refractivity contribution in [3.8, 4) is 11.3 Å². The fraction of sp³-hybridized carbons (Fsp3) is 0.560.